The zero-order valence-electron chi connectivity index (χ0n) is 8.81. The third kappa shape index (κ3) is 2.99. The Morgan fingerprint density at radius 2 is 2.00 bits per heavy atom. The van der Waals surface area contributed by atoms with Crippen LogP contribution in [0.1, 0.15) is 15.2 Å². The number of hydrogen-bond donors (Lipinski definition) is 2. The molecule has 0 aliphatic rings. The van der Waals surface area contributed by atoms with Gasteiger partial charge in [0, 0.05) is 17.3 Å². The molecule has 0 bridgehead atoms. The Kier molecular flexibility index (Phi) is 3.66. The normalized spacial score (nSPS) is 10.2. The number of anilines is 1. The number of carboxylic acids is 1. The van der Waals surface area contributed by atoms with Gasteiger partial charge in [0.15, 0.2) is 0 Å². The van der Waals surface area contributed by atoms with Gasteiger partial charge >= 0.3 is 5.97 Å². The van der Waals surface area contributed by atoms with Gasteiger partial charge in [0.1, 0.15) is 4.88 Å². The topological polar surface area (TPSA) is 49.3 Å². The monoisotopic (exact) mass is 267 g/mol. The predicted octanol–water partition coefficient (Wildman–Crippen LogP) is 3.71. The van der Waals surface area contributed by atoms with Crippen molar-refractivity contribution in [3.63, 3.8) is 0 Å². The van der Waals surface area contributed by atoms with Crippen molar-refractivity contribution in [2.45, 2.75) is 6.54 Å². The van der Waals surface area contributed by atoms with Crippen LogP contribution in [0.3, 0.4) is 0 Å². The van der Waals surface area contributed by atoms with Crippen LogP contribution in [-0.2, 0) is 6.54 Å². The Morgan fingerprint density at radius 3 is 2.65 bits per heavy atom. The van der Waals surface area contributed by atoms with Crippen LogP contribution < -0.4 is 5.32 Å². The molecule has 0 fully saturated rings. The van der Waals surface area contributed by atoms with E-state index in [2.05, 4.69) is 5.32 Å². The average Bonchev–Trinajstić information content (AvgIpc) is 2.76. The molecule has 1 heterocycles. The number of hydrogen-bond acceptors (Lipinski definition) is 3. The summed E-state index contributed by atoms with van der Waals surface area (Å²) in [5, 5.41) is 14.6. The number of carboxylic acid groups (broad SMARTS) is 1. The number of rotatable bonds is 4. The van der Waals surface area contributed by atoms with E-state index in [4.69, 9.17) is 16.7 Å². The van der Waals surface area contributed by atoms with E-state index in [0.29, 0.717) is 16.4 Å². The number of benzene rings is 1. The van der Waals surface area contributed by atoms with Gasteiger partial charge in [0.05, 0.1) is 0 Å². The number of nitrogens with one attached hydrogen (secondary N) is 1. The van der Waals surface area contributed by atoms with E-state index in [-0.39, 0.29) is 0 Å². The van der Waals surface area contributed by atoms with Crippen molar-refractivity contribution in [1.29, 1.82) is 0 Å². The van der Waals surface area contributed by atoms with Crippen molar-refractivity contribution < 1.29 is 9.90 Å². The average molecular weight is 268 g/mol. The van der Waals surface area contributed by atoms with E-state index < -0.39 is 5.97 Å². The number of halogens is 1. The van der Waals surface area contributed by atoms with Crippen LogP contribution in [0.2, 0.25) is 5.02 Å². The number of carbonyl (C=O) groups is 1. The molecule has 0 amide bonds. The van der Waals surface area contributed by atoms with Crippen molar-refractivity contribution >= 4 is 34.6 Å². The minimum absolute atomic E-state index is 0.381. The molecule has 0 saturated heterocycles. The maximum atomic E-state index is 10.9. The molecule has 2 aromatic rings. The van der Waals surface area contributed by atoms with Crippen molar-refractivity contribution in [2.75, 3.05) is 5.32 Å². The summed E-state index contributed by atoms with van der Waals surface area (Å²) in [6.07, 6.45) is 0. The van der Waals surface area contributed by atoms with Crippen LogP contribution in [0.4, 0.5) is 5.69 Å². The van der Waals surface area contributed by atoms with Gasteiger partial charge in [0.2, 0.25) is 0 Å². The number of thiophene rings is 1. The molecule has 2 N–H and O–H groups in total. The van der Waals surface area contributed by atoms with Crippen LogP contribution in [0.15, 0.2) is 35.7 Å². The summed E-state index contributed by atoms with van der Waals surface area (Å²) in [5.74, 6) is -0.882. The highest BCUT2D eigenvalue weighted by atomic mass is 35.5. The molecule has 88 valence electrons. The Bertz CT molecular complexity index is 522. The first-order chi connectivity index (χ1) is 8.16. The van der Waals surface area contributed by atoms with Crippen LogP contribution >= 0.6 is 22.9 Å². The van der Waals surface area contributed by atoms with Crippen molar-refractivity contribution in [2.24, 2.45) is 0 Å². The van der Waals surface area contributed by atoms with Gasteiger partial charge in [-0.25, -0.2) is 4.79 Å². The fourth-order valence-corrected chi connectivity index (χ4v) is 2.31. The third-order valence-electron chi connectivity index (χ3n) is 2.27. The first-order valence-electron chi connectivity index (χ1n) is 4.96. The quantitative estimate of drug-likeness (QED) is 0.888. The summed E-state index contributed by atoms with van der Waals surface area (Å²) in [7, 11) is 0. The van der Waals surface area contributed by atoms with Crippen molar-refractivity contribution in [3.8, 4) is 0 Å². The Balaban J connectivity index is 2.05. The maximum Gasteiger partial charge on any atom is 0.346 e. The molecule has 0 aliphatic heterocycles. The van der Waals surface area contributed by atoms with Crippen LogP contribution in [0.25, 0.3) is 0 Å². The Morgan fingerprint density at radius 1 is 1.29 bits per heavy atom. The van der Waals surface area contributed by atoms with Crippen LogP contribution in [0, 0.1) is 0 Å². The molecule has 0 radical (unpaired) electrons. The lowest BCUT2D eigenvalue weighted by Crippen LogP contribution is -2.03. The zero-order valence-corrected chi connectivity index (χ0v) is 10.4. The second kappa shape index (κ2) is 5.21. The standard InChI is InChI=1S/C12H10ClNO2S/c13-9-1-3-10(4-2-9)14-7-8-5-6-17-11(8)12(15)16/h1-6,14H,7H2,(H,15,16). The molecule has 0 atom stereocenters. The Hall–Kier alpha value is -1.52. The lowest BCUT2D eigenvalue weighted by Gasteiger charge is -2.05. The molecule has 5 heteroatoms. The van der Waals surface area contributed by atoms with E-state index in [1.807, 2.05) is 18.2 Å². The summed E-state index contributed by atoms with van der Waals surface area (Å²) in [4.78, 5) is 11.3. The van der Waals surface area contributed by atoms with E-state index >= 15 is 0 Å². The van der Waals surface area contributed by atoms with Crippen LogP contribution in [-0.4, -0.2) is 11.1 Å². The largest absolute Gasteiger partial charge is 0.477 e. The zero-order chi connectivity index (χ0) is 12.3. The first kappa shape index (κ1) is 12.0. The van der Waals surface area contributed by atoms with Gasteiger partial charge < -0.3 is 10.4 Å². The van der Waals surface area contributed by atoms with E-state index in [0.717, 1.165) is 11.3 Å². The summed E-state index contributed by atoms with van der Waals surface area (Å²) < 4.78 is 0. The predicted molar refractivity (Wildman–Crippen MR) is 70.1 cm³/mol. The molecular weight excluding hydrogens is 258 g/mol. The minimum Gasteiger partial charge on any atom is -0.477 e. The summed E-state index contributed by atoms with van der Waals surface area (Å²) in [5.41, 5.74) is 1.70. The number of aromatic carboxylic acids is 1. The lowest BCUT2D eigenvalue weighted by molar-refractivity contribution is 0.0701. The van der Waals surface area contributed by atoms with E-state index in [1.165, 1.54) is 11.3 Å². The highest BCUT2D eigenvalue weighted by Gasteiger charge is 2.10. The van der Waals surface area contributed by atoms with Gasteiger partial charge in [-0.2, -0.15) is 0 Å². The molecule has 17 heavy (non-hydrogen) atoms. The lowest BCUT2D eigenvalue weighted by atomic mass is 10.2. The SMILES string of the molecule is O=C(O)c1sccc1CNc1ccc(Cl)cc1. The fourth-order valence-electron chi connectivity index (χ4n) is 1.43. The molecule has 2 rings (SSSR count). The minimum atomic E-state index is -0.882. The van der Waals surface area contributed by atoms with Gasteiger partial charge in [-0.3, -0.25) is 0 Å². The van der Waals surface area contributed by atoms with Crippen molar-refractivity contribution in [3.05, 3.63) is 51.2 Å². The molecule has 0 aliphatic carbocycles. The summed E-state index contributed by atoms with van der Waals surface area (Å²) >= 11 is 7.01. The smallest absolute Gasteiger partial charge is 0.346 e. The highest BCUT2D eigenvalue weighted by molar-refractivity contribution is 7.12. The molecular formula is C12H10ClNO2S. The van der Waals surface area contributed by atoms with Crippen LogP contribution in [0.5, 0.6) is 0 Å². The second-order valence-corrected chi connectivity index (χ2v) is 4.79. The van der Waals surface area contributed by atoms with E-state index in [1.54, 1.807) is 17.5 Å². The highest BCUT2D eigenvalue weighted by Crippen LogP contribution is 2.19. The summed E-state index contributed by atoms with van der Waals surface area (Å²) in [6.45, 7) is 0.493. The third-order valence-corrected chi connectivity index (χ3v) is 3.46. The first-order valence-corrected chi connectivity index (χ1v) is 6.21. The fraction of sp³-hybridized carbons (Fsp3) is 0.0833. The Labute approximate surface area is 108 Å². The molecule has 0 saturated carbocycles. The molecule has 0 spiro atoms. The maximum absolute atomic E-state index is 10.9. The molecule has 0 unspecified atom stereocenters. The van der Waals surface area contributed by atoms with Gasteiger partial charge in [-0.1, -0.05) is 11.6 Å². The van der Waals surface area contributed by atoms with E-state index in [9.17, 15) is 4.79 Å². The molecule has 1 aromatic carbocycles. The molecule has 1 aromatic heterocycles. The molecule has 3 nitrogen and oxygen atoms in total. The van der Waals surface area contributed by atoms with Gasteiger partial charge in [-0.15, -0.1) is 11.3 Å². The van der Waals surface area contributed by atoms with Crippen molar-refractivity contribution in [1.82, 2.24) is 0 Å². The second-order valence-electron chi connectivity index (χ2n) is 3.44. The van der Waals surface area contributed by atoms with Gasteiger partial charge in [0.25, 0.3) is 0 Å². The van der Waals surface area contributed by atoms with Gasteiger partial charge in [-0.05, 0) is 41.3 Å². The summed E-state index contributed by atoms with van der Waals surface area (Å²) in [6, 6.07) is 9.10.